The Morgan fingerprint density at radius 3 is 2.75 bits per heavy atom. The van der Waals surface area contributed by atoms with Crippen molar-refractivity contribution in [2.75, 3.05) is 6.54 Å². The summed E-state index contributed by atoms with van der Waals surface area (Å²) < 4.78 is 0. The third-order valence-electron chi connectivity index (χ3n) is 1.39. The first-order valence-corrected chi connectivity index (χ1v) is 4.18. The molecule has 1 aromatic rings. The van der Waals surface area contributed by atoms with Crippen molar-refractivity contribution < 1.29 is 9.90 Å². The van der Waals surface area contributed by atoms with E-state index in [1.54, 1.807) is 5.38 Å². The summed E-state index contributed by atoms with van der Waals surface area (Å²) in [4.78, 5) is 10.5. The summed E-state index contributed by atoms with van der Waals surface area (Å²) in [5, 5.41) is 12.1. The molecule has 1 aromatic heterocycles. The smallest absolute Gasteiger partial charge is 0.336 e. The van der Waals surface area contributed by atoms with Crippen LogP contribution in [0.5, 0.6) is 0 Å². The van der Waals surface area contributed by atoms with Crippen LogP contribution in [0.15, 0.2) is 10.8 Å². The number of halogens is 1. The number of carboxylic acid groups (broad SMARTS) is 1. The highest BCUT2D eigenvalue weighted by Crippen LogP contribution is 2.14. The number of thiophene rings is 1. The van der Waals surface area contributed by atoms with Gasteiger partial charge in [0.15, 0.2) is 0 Å². The zero-order valence-corrected chi connectivity index (χ0v) is 7.95. The highest BCUT2D eigenvalue weighted by molar-refractivity contribution is 7.08. The molecule has 1 heterocycles. The van der Waals surface area contributed by atoms with E-state index < -0.39 is 5.97 Å². The predicted molar refractivity (Wildman–Crippen MR) is 51.3 cm³/mol. The summed E-state index contributed by atoms with van der Waals surface area (Å²) >= 11 is 1.40. The van der Waals surface area contributed by atoms with E-state index in [1.807, 2.05) is 5.38 Å². The number of carbonyl (C=O) groups is 1. The normalized spacial score (nSPS) is 9.08. The maximum absolute atomic E-state index is 10.5. The molecule has 0 aliphatic heterocycles. The van der Waals surface area contributed by atoms with E-state index in [1.165, 1.54) is 11.3 Å². The van der Waals surface area contributed by atoms with Gasteiger partial charge >= 0.3 is 5.97 Å². The molecule has 0 unspecified atom stereocenters. The summed E-state index contributed by atoms with van der Waals surface area (Å²) in [6, 6.07) is 0. The van der Waals surface area contributed by atoms with Crippen LogP contribution in [0.3, 0.4) is 0 Å². The Morgan fingerprint density at radius 2 is 2.25 bits per heavy atom. The topological polar surface area (TPSA) is 63.3 Å². The Kier molecular flexibility index (Phi) is 4.89. The van der Waals surface area contributed by atoms with E-state index in [9.17, 15) is 4.79 Å². The average molecular weight is 208 g/mol. The summed E-state index contributed by atoms with van der Waals surface area (Å²) in [6.07, 6.45) is 0.644. The molecule has 0 spiro atoms. The van der Waals surface area contributed by atoms with Gasteiger partial charge in [0.05, 0.1) is 5.56 Å². The number of carboxylic acids is 1. The SMILES string of the molecule is Cl.NCCc1cscc1C(=O)O. The molecule has 68 valence electrons. The van der Waals surface area contributed by atoms with Gasteiger partial charge in [-0.1, -0.05) is 0 Å². The minimum absolute atomic E-state index is 0. The lowest BCUT2D eigenvalue weighted by Gasteiger charge is -1.94. The van der Waals surface area contributed by atoms with Gasteiger partial charge in [-0.3, -0.25) is 0 Å². The van der Waals surface area contributed by atoms with Crippen molar-refractivity contribution in [3.63, 3.8) is 0 Å². The number of nitrogens with two attached hydrogens (primary N) is 1. The summed E-state index contributed by atoms with van der Waals surface area (Å²) in [7, 11) is 0. The number of rotatable bonds is 3. The molecule has 3 N–H and O–H groups in total. The Hall–Kier alpha value is -0.580. The first-order chi connectivity index (χ1) is 5.25. The van der Waals surface area contributed by atoms with Gasteiger partial charge in [-0.15, -0.1) is 12.4 Å². The van der Waals surface area contributed by atoms with Gasteiger partial charge in [-0.25, -0.2) is 4.79 Å². The number of hydrogen-bond acceptors (Lipinski definition) is 3. The lowest BCUT2D eigenvalue weighted by Crippen LogP contribution is -2.06. The zero-order chi connectivity index (χ0) is 8.27. The third-order valence-corrected chi connectivity index (χ3v) is 2.18. The highest BCUT2D eigenvalue weighted by Gasteiger charge is 2.09. The first kappa shape index (κ1) is 11.4. The van der Waals surface area contributed by atoms with E-state index >= 15 is 0 Å². The molecule has 3 nitrogen and oxygen atoms in total. The van der Waals surface area contributed by atoms with E-state index in [0.717, 1.165) is 5.56 Å². The third kappa shape index (κ3) is 2.48. The van der Waals surface area contributed by atoms with Gasteiger partial charge in [-0.2, -0.15) is 11.3 Å². The van der Waals surface area contributed by atoms with Crippen LogP contribution in [0.1, 0.15) is 15.9 Å². The molecule has 0 amide bonds. The standard InChI is InChI=1S/C7H9NO2S.ClH/c8-2-1-5-3-11-4-6(5)7(9)10;/h3-4H,1-2,8H2,(H,9,10);1H. The van der Waals surface area contributed by atoms with Crippen molar-refractivity contribution in [3.05, 3.63) is 21.9 Å². The Labute approximate surface area is 80.6 Å². The van der Waals surface area contributed by atoms with E-state index in [2.05, 4.69) is 0 Å². The molecule has 0 radical (unpaired) electrons. The van der Waals surface area contributed by atoms with Crippen molar-refractivity contribution in [1.29, 1.82) is 0 Å². The maximum atomic E-state index is 10.5. The second kappa shape index (κ2) is 5.13. The molecular formula is C7H10ClNO2S. The summed E-state index contributed by atoms with van der Waals surface area (Å²) in [5.74, 6) is -0.866. The van der Waals surface area contributed by atoms with Gasteiger partial charge in [0.1, 0.15) is 0 Å². The fraction of sp³-hybridized carbons (Fsp3) is 0.286. The van der Waals surface area contributed by atoms with Gasteiger partial charge < -0.3 is 10.8 Å². The Balaban J connectivity index is 0.00000121. The molecule has 0 saturated heterocycles. The van der Waals surface area contributed by atoms with Crippen molar-refractivity contribution in [3.8, 4) is 0 Å². The zero-order valence-electron chi connectivity index (χ0n) is 6.32. The fourth-order valence-electron chi connectivity index (χ4n) is 0.860. The number of aromatic carboxylic acids is 1. The molecule has 5 heteroatoms. The predicted octanol–water partition coefficient (Wildman–Crippen LogP) is 1.37. The summed E-state index contributed by atoms with van der Waals surface area (Å²) in [5.41, 5.74) is 6.53. The summed E-state index contributed by atoms with van der Waals surface area (Å²) in [6.45, 7) is 0.497. The van der Waals surface area contributed by atoms with Crippen LogP contribution in [-0.2, 0) is 6.42 Å². The molecule has 12 heavy (non-hydrogen) atoms. The van der Waals surface area contributed by atoms with Crippen molar-refractivity contribution in [2.45, 2.75) is 6.42 Å². The van der Waals surface area contributed by atoms with Crippen LogP contribution in [0.4, 0.5) is 0 Å². The van der Waals surface area contributed by atoms with Crippen LogP contribution in [0.25, 0.3) is 0 Å². The van der Waals surface area contributed by atoms with Gasteiger partial charge in [-0.05, 0) is 23.9 Å². The Bertz CT molecular complexity index is 262. The van der Waals surface area contributed by atoms with E-state index in [-0.39, 0.29) is 12.4 Å². The van der Waals surface area contributed by atoms with E-state index in [0.29, 0.717) is 18.5 Å². The van der Waals surface area contributed by atoms with Gasteiger partial charge in [0.2, 0.25) is 0 Å². The molecule has 0 aromatic carbocycles. The molecule has 0 atom stereocenters. The first-order valence-electron chi connectivity index (χ1n) is 3.24. The molecular weight excluding hydrogens is 198 g/mol. The Morgan fingerprint density at radius 1 is 1.58 bits per heavy atom. The van der Waals surface area contributed by atoms with Crippen LogP contribution in [0, 0.1) is 0 Å². The lowest BCUT2D eigenvalue weighted by atomic mass is 10.1. The van der Waals surface area contributed by atoms with Crippen LogP contribution in [-0.4, -0.2) is 17.6 Å². The maximum Gasteiger partial charge on any atom is 0.336 e. The van der Waals surface area contributed by atoms with Crippen LogP contribution < -0.4 is 5.73 Å². The fourth-order valence-corrected chi connectivity index (χ4v) is 1.73. The van der Waals surface area contributed by atoms with Crippen molar-refractivity contribution in [1.82, 2.24) is 0 Å². The molecule has 0 saturated carbocycles. The second-order valence-corrected chi connectivity index (χ2v) is 2.90. The van der Waals surface area contributed by atoms with E-state index in [4.69, 9.17) is 10.8 Å². The lowest BCUT2D eigenvalue weighted by molar-refractivity contribution is 0.0696. The average Bonchev–Trinajstić information content (AvgIpc) is 2.36. The second-order valence-electron chi connectivity index (χ2n) is 2.15. The molecule has 1 rings (SSSR count). The molecule has 0 bridgehead atoms. The highest BCUT2D eigenvalue weighted by atomic mass is 35.5. The molecule has 0 aliphatic rings. The van der Waals surface area contributed by atoms with Crippen LogP contribution >= 0.6 is 23.7 Å². The van der Waals surface area contributed by atoms with Gasteiger partial charge in [0, 0.05) is 5.38 Å². The molecule has 0 fully saturated rings. The van der Waals surface area contributed by atoms with Crippen molar-refractivity contribution in [2.24, 2.45) is 5.73 Å². The van der Waals surface area contributed by atoms with Gasteiger partial charge in [0.25, 0.3) is 0 Å². The molecule has 0 aliphatic carbocycles. The number of hydrogen-bond donors (Lipinski definition) is 2. The van der Waals surface area contributed by atoms with Crippen molar-refractivity contribution >= 4 is 29.7 Å². The largest absolute Gasteiger partial charge is 0.478 e. The monoisotopic (exact) mass is 207 g/mol. The minimum Gasteiger partial charge on any atom is -0.478 e. The van der Waals surface area contributed by atoms with Crippen LogP contribution in [0.2, 0.25) is 0 Å². The quantitative estimate of drug-likeness (QED) is 0.787. The minimum atomic E-state index is -0.866.